The summed E-state index contributed by atoms with van der Waals surface area (Å²) in [5, 5.41) is 0. The first-order valence-corrected chi connectivity index (χ1v) is 8.54. The zero-order chi connectivity index (χ0) is 16.8. The SMILES string of the molecule is CC(C)(C)OC(=O)N1[C@@H]2CC[C@H]1CC(CN1CC(=O)CC1=O)C2. The van der Waals surface area contributed by atoms with Crippen molar-refractivity contribution in [1.82, 2.24) is 9.80 Å². The maximum absolute atomic E-state index is 12.4. The minimum absolute atomic E-state index is 0.0177. The van der Waals surface area contributed by atoms with Gasteiger partial charge in [-0.3, -0.25) is 9.59 Å². The molecular weight excluding hydrogens is 296 g/mol. The lowest BCUT2D eigenvalue weighted by Crippen LogP contribution is -2.50. The van der Waals surface area contributed by atoms with E-state index in [-0.39, 0.29) is 42.8 Å². The lowest BCUT2D eigenvalue weighted by molar-refractivity contribution is -0.128. The molecule has 23 heavy (non-hydrogen) atoms. The zero-order valence-electron chi connectivity index (χ0n) is 14.2. The second kappa shape index (κ2) is 5.80. The minimum atomic E-state index is -0.476. The van der Waals surface area contributed by atoms with Crippen LogP contribution in [-0.2, 0) is 14.3 Å². The van der Waals surface area contributed by atoms with Gasteiger partial charge in [0.2, 0.25) is 5.91 Å². The molecule has 6 nitrogen and oxygen atoms in total. The van der Waals surface area contributed by atoms with Crippen LogP contribution in [0, 0.1) is 5.92 Å². The van der Waals surface area contributed by atoms with E-state index in [9.17, 15) is 14.4 Å². The lowest BCUT2D eigenvalue weighted by atomic mass is 9.90. The molecule has 3 saturated heterocycles. The van der Waals surface area contributed by atoms with Gasteiger partial charge in [0.15, 0.2) is 5.78 Å². The van der Waals surface area contributed by atoms with E-state index in [1.165, 1.54) is 0 Å². The molecule has 0 aromatic heterocycles. The summed E-state index contributed by atoms with van der Waals surface area (Å²) >= 11 is 0. The summed E-state index contributed by atoms with van der Waals surface area (Å²) < 4.78 is 5.54. The van der Waals surface area contributed by atoms with Gasteiger partial charge in [0.1, 0.15) is 5.60 Å². The second-order valence-electron chi connectivity index (χ2n) is 8.10. The molecule has 3 rings (SSSR count). The van der Waals surface area contributed by atoms with Crippen LogP contribution in [0.3, 0.4) is 0 Å². The molecule has 3 fully saturated rings. The molecule has 2 amide bonds. The molecule has 6 heteroatoms. The first-order valence-electron chi connectivity index (χ1n) is 8.54. The number of carbonyl (C=O) groups excluding carboxylic acids is 3. The standard InChI is InChI=1S/C17H26N2O4/c1-17(2,3)23-16(22)19-12-4-5-13(19)7-11(6-12)9-18-10-14(20)8-15(18)21/h11-13H,4-10H2,1-3H3/t11?,12-,13+. The van der Waals surface area contributed by atoms with Crippen LogP contribution in [0.1, 0.15) is 52.9 Å². The van der Waals surface area contributed by atoms with E-state index >= 15 is 0 Å². The number of carbonyl (C=O) groups is 3. The Hall–Kier alpha value is -1.59. The van der Waals surface area contributed by atoms with Gasteiger partial charge in [-0.25, -0.2) is 4.79 Å². The van der Waals surface area contributed by atoms with E-state index in [2.05, 4.69) is 0 Å². The van der Waals surface area contributed by atoms with Gasteiger partial charge < -0.3 is 14.5 Å². The van der Waals surface area contributed by atoms with E-state index in [4.69, 9.17) is 4.74 Å². The summed E-state index contributed by atoms with van der Waals surface area (Å²) in [6, 6.07) is 0.420. The number of piperidine rings is 1. The number of likely N-dealkylation sites (tertiary alicyclic amines) is 1. The summed E-state index contributed by atoms with van der Waals surface area (Å²) in [4.78, 5) is 39.2. The number of ketones is 1. The zero-order valence-corrected chi connectivity index (χ0v) is 14.2. The Morgan fingerprint density at radius 1 is 1.17 bits per heavy atom. The van der Waals surface area contributed by atoms with E-state index in [1.807, 2.05) is 25.7 Å². The van der Waals surface area contributed by atoms with Gasteiger partial charge >= 0.3 is 6.09 Å². The van der Waals surface area contributed by atoms with E-state index in [1.54, 1.807) is 4.90 Å². The number of Topliss-reactive ketones (excluding diaryl/α,β-unsaturated/α-hetero) is 1. The number of hydrogen-bond donors (Lipinski definition) is 0. The fourth-order valence-corrected chi connectivity index (χ4v) is 4.17. The molecule has 3 atom stereocenters. The van der Waals surface area contributed by atoms with Gasteiger partial charge in [-0.05, 0) is 52.4 Å². The van der Waals surface area contributed by atoms with Crippen LogP contribution in [0.4, 0.5) is 4.79 Å². The Labute approximate surface area is 137 Å². The smallest absolute Gasteiger partial charge is 0.410 e. The Kier molecular flexibility index (Phi) is 4.10. The van der Waals surface area contributed by atoms with Gasteiger partial charge in [0.25, 0.3) is 0 Å². The normalized spacial score (nSPS) is 31.0. The molecule has 128 valence electrons. The monoisotopic (exact) mass is 322 g/mol. The molecule has 0 aromatic rings. The molecule has 0 aromatic carbocycles. The third-order valence-corrected chi connectivity index (χ3v) is 4.98. The molecule has 0 spiro atoms. The fourth-order valence-electron chi connectivity index (χ4n) is 4.17. The van der Waals surface area contributed by atoms with Crippen molar-refractivity contribution >= 4 is 17.8 Å². The average Bonchev–Trinajstić information content (AvgIpc) is 2.85. The highest BCUT2D eigenvalue weighted by molar-refractivity contribution is 6.05. The molecule has 0 radical (unpaired) electrons. The van der Waals surface area contributed by atoms with Gasteiger partial charge in [0, 0.05) is 18.6 Å². The summed E-state index contributed by atoms with van der Waals surface area (Å²) in [6.07, 6.45) is 3.65. The van der Waals surface area contributed by atoms with Crippen LogP contribution in [-0.4, -0.2) is 58.4 Å². The molecule has 3 aliphatic rings. The van der Waals surface area contributed by atoms with Gasteiger partial charge in [-0.15, -0.1) is 0 Å². The van der Waals surface area contributed by atoms with Crippen LogP contribution in [0.5, 0.6) is 0 Å². The van der Waals surface area contributed by atoms with Crippen molar-refractivity contribution in [1.29, 1.82) is 0 Å². The van der Waals surface area contributed by atoms with Crippen molar-refractivity contribution < 1.29 is 19.1 Å². The topological polar surface area (TPSA) is 66.9 Å². The number of ether oxygens (including phenoxy) is 1. The highest BCUT2D eigenvalue weighted by Gasteiger charge is 2.45. The molecule has 1 unspecified atom stereocenters. The summed E-state index contributed by atoms with van der Waals surface area (Å²) in [7, 11) is 0. The number of fused-ring (bicyclic) bond motifs is 2. The predicted octanol–water partition coefficient (Wildman–Crippen LogP) is 1.97. The third-order valence-electron chi connectivity index (χ3n) is 4.98. The number of hydrogen-bond acceptors (Lipinski definition) is 4. The first kappa shape index (κ1) is 16.3. The molecule has 2 bridgehead atoms. The molecule has 0 N–H and O–H groups in total. The van der Waals surface area contributed by atoms with Crippen molar-refractivity contribution in [2.75, 3.05) is 13.1 Å². The Bertz CT molecular complexity index is 511. The third kappa shape index (κ3) is 3.51. The molecular formula is C17H26N2O4. The lowest BCUT2D eigenvalue weighted by Gasteiger charge is -2.40. The highest BCUT2D eigenvalue weighted by atomic mass is 16.6. The molecule has 3 aliphatic heterocycles. The quantitative estimate of drug-likeness (QED) is 0.729. The van der Waals surface area contributed by atoms with Crippen molar-refractivity contribution in [2.24, 2.45) is 5.92 Å². The molecule has 0 aliphatic carbocycles. The van der Waals surface area contributed by atoms with Crippen LogP contribution in [0.15, 0.2) is 0 Å². The summed E-state index contributed by atoms with van der Waals surface area (Å²) in [5.41, 5.74) is -0.476. The first-order chi connectivity index (χ1) is 10.7. The Morgan fingerprint density at radius 2 is 1.78 bits per heavy atom. The van der Waals surface area contributed by atoms with Crippen molar-refractivity contribution in [2.45, 2.75) is 70.6 Å². The van der Waals surface area contributed by atoms with Crippen LogP contribution in [0.2, 0.25) is 0 Å². The van der Waals surface area contributed by atoms with Crippen molar-refractivity contribution in [3.05, 3.63) is 0 Å². The van der Waals surface area contributed by atoms with Crippen LogP contribution < -0.4 is 0 Å². The fraction of sp³-hybridized carbons (Fsp3) is 0.824. The van der Waals surface area contributed by atoms with Crippen molar-refractivity contribution in [3.63, 3.8) is 0 Å². The van der Waals surface area contributed by atoms with Gasteiger partial charge in [0.05, 0.1) is 13.0 Å². The van der Waals surface area contributed by atoms with E-state index < -0.39 is 5.60 Å². The highest BCUT2D eigenvalue weighted by Crippen LogP contribution is 2.40. The maximum atomic E-state index is 12.4. The van der Waals surface area contributed by atoms with Crippen LogP contribution in [0.25, 0.3) is 0 Å². The van der Waals surface area contributed by atoms with E-state index in [0.717, 1.165) is 25.7 Å². The number of rotatable bonds is 2. The van der Waals surface area contributed by atoms with E-state index in [0.29, 0.717) is 12.5 Å². The van der Waals surface area contributed by atoms with Crippen LogP contribution >= 0.6 is 0 Å². The molecule has 3 heterocycles. The minimum Gasteiger partial charge on any atom is -0.444 e. The maximum Gasteiger partial charge on any atom is 0.410 e. The largest absolute Gasteiger partial charge is 0.444 e. The number of nitrogens with zero attached hydrogens (tertiary/aromatic N) is 2. The van der Waals surface area contributed by atoms with Gasteiger partial charge in [-0.1, -0.05) is 0 Å². The Morgan fingerprint density at radius 3 is 2.26 bits per heavy atom. The summed E-state index contributed by atoms with van der Waals surface area (Å²) in [5.74, 6) is 0.349. The molecule has 0 saturated carbocycles. The summed E-state index contributed by atoms with van der Waals surface area (Å²) in [6.45, 7) is 6.57. The van der Waals surface area contributed by atoms with Gasteiger partial charge in [-0.2, -0.15) is 0 Å². The number of amides is 2. The van der Waals surface area contributed by atoms with Crippen molar-refractivity contribution in [3.8, 4) is 0 Å². The average molecular weight is 322 g/mol. The second-order valence-corrected chi connectivity index (χ2v) is 8.10. The predicted molar refractivity (Wildman–Crippen MR) is 83.8 cm³/mol. The Balaban J connectivity index is 1.60.